The smallest absolute Gasteiger partial charge is 0.295 e. The minimum atomic E-state index is -0.701. The number of aliphatic hydroxyl groups is 1. The van der Waals surface area contributed by atoms with Crippen LogP contribution in [0.5, 0.6) is 17.2 Å². The second kappa shape index (κ2) is 10.2. The van der Waals surface area contributed by atoms with Crippen LogP contribution in [0.4, 0.5) is 0 Å². The summed E-state index contributed by atoms with van der Waals surface area (Å²) in [6, 6.07) is 11.6. The molecule has 2 heterocycles. The average molecular weight is 467 g/mol. The lowest BCUT2D eigenvalue weighted by Crippen LogP contribution is -2.32. The molecule has 2 aromatic carbocycles. The second-order valence-corrected chi connectivity index (χ2v) is 8.63. The number of amides is 1. The summed E-state index contributed by atoms with van der Waals surface area (Å²) >= 11 is 0. The van der Waals surface area contributed by atoms with Crippen molar-refractivity contribution in [3.63, 3.8) is 0 Å². The summed E-state index contributed by atoms with van der Waals surface area (Å²) in [5, 5.41) is 11.2. The SMILES string of the molecule is CCCOc1ccc(C2/C(=C(\O)c3ccc4c(c3)OCO4)C(=O)C(=O)N2CCCN(C)C)cc1. The Bertz CT molecular complexity index is 1090. The van der Waals surface area contributed by atoms with E-state index in [2.05, 4.69) is 0 Å². The zero-order valence-electron chi connectivity index (χ0n) is 19.7. The zero-order chi connectivity index (χ0) is 24.2. The molecule has 1 unspecified atom stereocenters. The summed E-state index contributed by atoms with van der Waals surface area (Å²) < 4.78 is 16.4. The molecule has 1 amide bonds. The standard InChI is InChI=1S/C26H30N2O6/c1-4-14-32-19-9-6-17(7-10-19)23-22(25(30)26(31)28(23)13-5-12-27(2)3)24(29)18-8-11-20-21(15-18)34-16-33-20/h6-11,15,23,29H,4-5,12-14,16H2,1-3H3/b24-22+. The van der Waals surface area contributed by atoms with Gasteiger partial charge in [-0.05, 0) is 69.4 Å². The maximum atomic E-state index is 13.2. The van der Waals surface area contributed by atoms with Crippen LogP contribution in [0.2, 0.25) is 0 Å². The van der Waals surface area contributed by atoms with Crippen LogP contribution in [-0.2, 0) is 9.59 Å². The fraction of sp³-hybridized carbons (Fsp3) is 0.385. The molecule has 34 heavy (non-hydrogen) atoms. The number of ketones is 1. The lowest BCUT2D eigenvalue weighted by atomic mass is 9.95. The van der Waals surface area contributed by atoms with Crippen molar-refractivity contribution in [3.8, 4) is 17.2 Å². The Morgan fingerprint density at radius 1 is 1.12 bits per heavy atom. The normalized spacial score (nSPS) is 18.7. The molecule has 1 saturated heterocycles. The van der Waals surface area contributed by atoms with Crippen LogP contribution in [0.1, 0.15) is 36.9 Å². The van der Waals surface area contributed by atoms with Gasteiger partial charge < -0.3 is 29.1 Å². The van der Waals surface area contributed by atoms with E-state index in [0.717, 1.165) is 18.5 Å². The summed E-state index contributed by atoms with van der Waals surface area (Å²) in [4.78, 5) is 29.8. The minimum Gasteiger partial charge on any atom is -0.507 e. The van der Waals surface area contributed by atoms with Crippen molar-refractivity contribution in [2.75, 3.05) is 40.6 Å². The van der Waals surface area contributed by atoms with E-state index < -0.39 is 17.7 Å². The molecule has 2 aliphatic heterocycles. The van der Waals surface area contributed by atoms with E-state index in [0.29, 0.717) is 42.4 Å². The Kier molecular flexibility index (Phi) is 7.07. The molecule has 2 aromatic rings. The van der Waals surface area contributed by atoms with Gasteiger partial charge in [-0.3, -0.25) is 9.59 Å². The zero-order valence-corrected chi connectivity index (χ0v) is 19.7. The van der Waals surface area contributed by atoms with E-state index in [-0.39, 0.29) is 18.1 Å². The van der Waals surface area contributed by atoms with Crippen LogP contribution in [0.25, 0.3) is 5.76 Å². The molecule has 1 fully saturated rings. The van der Waals surface area contributed by atoms with E-state index in [1.807, 2.05) is 50.2 Å². The maximum Gasteiger partial charge on any atom is 0.295 e. The summed E-state index contributed by atoms with van der Waals surface area (Å²) in [5.74, 6) is 0.223. The summed E-state index contributed by atoms with van der Waals surface area (Å²) in [7, 11) is 3.92. The molecular formula is C26H30N2O6. The van der Waals surface area contributed by atoms with Gasteiger partial charge in [0.15, 0.2) is 11.5 Å². The largest absolute Gasteiger partial charge is 0.507 e. The van der Waals surface area contributed by atoms with Gasteiger partial charge in [-0.25, -0.2) is 0 Å². The molecular weight excluding hydrogens is 436 g/mol. The number of hydrogen-bond acceptors (Lipinski definition) is 7. The number of aliphatic hydroxyl groups excluding tert-OH is 1. The fourth-order valence-corrected chi connectivity index (χ4v) is 4.18. The molecule has 0 aromatic heterocycles. The van der Waals surface area contributed by atoms with Crippen molar-refractivity contribution >= 4 is 17.4 Å². The van der Waals surface area contributed by atoms with E-state index >= 15 is 0 Å². The first-order chi connectivity index (χ1) is 16.4. The number of fused-ring (bicyclic) bond motifs is 1. The highest BCUT2D eigenvalue weighted by Crippen LogP contribution is 2.41. The number of ether oxygens (including phenoxy) is 3. The van der Waals surface area contributed by atoms with Crippen molar-refractivity contribution in [2.24, 2.45) is 0 Å². The highest BCUT2D eigenvalue weighted by Gasteiger charge is 2.45. The van der Waals surface area contributed by atoms with E-state index in [1.54, 1.807) is 23.1 Å². The van der Waals surface area contributed by atoms with Gasteiger partial charge in [-0.15, -0.1) is 0 Å². The van der Waals surface area contributed by atoms with E-state index in [9.17, 15) is 14.7 Å². The van der Waals surface area contributed by atoms with Gasteiger partial charge in [-0.1, -0.05) is 19.1 Å². The Labute approximate surface area is 199 Å². The monoisotopic (exact) mass is 466 g/mol. The van der Waals surface area contributed by atoms with E-state index in [1.165, 1.54) is 0 Å². The molecule has 1 N–H and O–H groups in total. The molecule has 8 heteroatoms. The maximum absolute atomic E-state index is 13.2. The number of rotatable bonds is 9. The van der Waals surface area contributed by atoms with Crippen LogP contribution in [0, 0.1) is 0 Å². The first-order valence-corrected chi connectivity index (χ1v) is 11.5. The predicted octanol–water partition coefficient (Wildman–Crippen LogP) is 3.58. The highest BCUT2D eigenvalue weighted by atomic mass is 16.7. The number of Topliss-reactive ketones (excluding diaryl/α,β-unsaturated/α-hetero) is 1. The third kappa shape index (κ3) is 4.72. The summed E-state index contributed by atoms with van der Waals surface area (Å²) in [5.41, 5.74) is 1.19. The van der Waals surface area contributed by atoms with Crippen molar-refractivity contribution in [2.45, 2.75) is 25.8 Å². The van der Waals surface area contributed by atoms with Gasteiger partial charge in [0.1, 0.15) is 11.5 Å². The van der Waals surface area contributed by atoms with Crippen LogP contribution in [0.15, 0.2) is 48.0 Å². The van der Waals surface area contributed by atoms with Crippen molar-refractivity contribution in [1.29, 1.82) is 0 Å². The Morgan fingerprint density at radius 2 is 1.85 bits per heavy atom. The van der Waals surface area contributed by atoms with Crippen LogP contribution in [0.3, 0.4) is 0 Å². The van der Waals surface area contributed by atoms with Crippen molar-refractivity contribution in [1.82, 2.24) is 9.80 Å². The minimum absolute atomic E-state index is 0.0657. The average Bonchev–Trinajstić information content (AvgIpc) is 3.40. The van der Waals surface area contributed by atoms with Gasteiger partial charge in [0.05, 0.1) is 18.2 Å². The third-order valence-electron chi connectivity index (χ3n) is 5.86. The Balaban J connectivity index is 1.74. The quantitative estimate of drug-likeness (QED) is 0.343. The number of benzene rings is 2. The molecule has 2 aliphatic rings. The van der Waals surface area contributed by atoms with Crippen molar-refractivity contribution in [3.05, 3.63) is 59.2 Å². The Morgan fingerprint density at radius 3 is 2.56 bits per heavy atom. The molecule has 1 atom stereocenters. The third-order valence-corrected chi connectivity index (χ3v) is 5.86. The van der Waals surface area contributed by atoms with Crippen LogP contribution >= 0.6 is 0 Å². The lowest BCUT2D eigenvalue weighted by Gasteiger charge is -2.26. The summed E-state index contributed by atoms with van der Waals surface area (Å²) in [6.07, 6.45) is 1.58. The Hall–Kier alpha value is -3.52. The summed E-state index contributed by atoms with van der Waals surface area (Å²) in [6.45, 7) is 3.89. The second-order valence-electron chi connectivity index (χ2n) is 8.63. The highest BCUT2D eigenvalue weighted by molar-refractivity contribution is 6.46. The first kappa shape index (κ1) is 23.6. The van der Waals surface area contributed by atoms with Gasteiger partial charge in [0.2, 0.25) is 6.79 Å². The van der Waals surface area contributed by atoms with Gasteiger partial charge in [0, 0.05) is 12.1 Å². The lowest BCUT2D eigenvalue weighted by molar-refractivity contribution is -0.139. The van der Waals surface area contributed by atoms with Crippen LogP contribution < -0.4 is 14.2 Å². The number of carbonyl (C=O) groups excluding carboxylic acids is 2. The van der Waals surface area contributed by atoms with Crippen LogP contribution in [-0.4, -0.2) is 67.2 Å². The number of hydrogen-bond donors (Lipinski definition) is 1. The van der Waals surface area contributed by atoms with Crippen molar-refractivity contribution < 1.29 is 28.9 Å². The first-order valence-electron chi connectivity index (χ1n) is 11.5. The number of carbonyl (C=O) groups is 2. The predicted molar refractivity (Wildman–Crippen MR) is 127 cm³/mol. The number of likely N-dealkylation sites (tertiary alicyclic amines) is 1. The molecule has 0 spiro atoms. The molecule has 0 bridgehead atoms. The fourth-order valence-electron chi connectivity index (χ4n) is 4.18. The van der Waals surface area contributed by atoms with E-state index in [4.69, 9.17) is 14.2 Å². The molecule has 8 nitrogen and oxygen atoms in total. The number of nitrogens with zero attached hydrogens (tertiary/aromatic N) is 2. The van der Waals surface area contributed by atoms with Gasteiger partial charge in [0.25, 0.3) is 11.7 Å². The van der Waals surface area contributed by atoms with Gasteiger partial charge in [-0.2, -0.15) is 0 Å². The molecule has 4 rings (SSSR count). The van der Waals surface area contributed by atoms with Gasteiger partial charge >= 0.3 is 0 Å². The molecule has 0 radical (unpaired) electrons. The topological polar surface area (TPSA) is 88.5 Å². The molecule has 180 valence electrons. The molecule has 0 aliphatic carbocycles. The molecule has 0 saturated carbocycles.